The molecular formula is C14H26O5. The number of hydrogen-bond acceptors (Lipinski definition) is 5. The summed E-state index contributed by atoms with van der Waals surface area (Å²) in [4.78, 5) is 22.4. The number of carbonyl (C=O) groups is 2. The Labute approximate surface area is 115 Å². The topological polar surface area (TPSA) is 61.8 Å². The average molecular weight is 274 g/mol. The summed E-state index contributed by atoms with van der Waals surface area (Å²) in [6.07, 6.45) is 0.265. The Morgan fingerprint density at radius 1 is 0.947 bits per heavy atom. The van der Waals surface area contributed by atoms with Gasteiger partial charge in [0, 0.05) is 12.8 Å². The van der Waals surface area contributed by atoms with Crippen molar-refractivity contribution < 1.29 is 23.8 Å². The first-order valence-electron chi connectivity index (χ1n) is 6.81. The molecule has 0 aromatic heterocycles. The summed E-state index contributed by atoms with van der Waals surface area (Å²) in [7, 11) is 0. The molecule has 0 aliphatic carbocycles. The molecule has 0 amide bonds. The molecule has 112 valence electrons. The highest BCUT2D eigenvalue weighted by Crippen LogP contribution is 2.04. The largest absolute Gasteiger partial charge is 0.463 e. The first-order chi connectivity index (χ1) is 8.85. The Morgan fingerprint density at radius 3 is 2.11 bits per heavy atom. The first kappa shape index (κ1) is 17.9. The minimum Gasteiger partial charge on any atom is -0.463 e. The summed E-state index contributed by atoms with van der Waals surface area (Å²) in [6.45, 7) is 9.78. The number of ether oxygens (including phenoxy) is 3. The van der Waals surface area contributed by atoms with Gasteiger partial charge in [-0.2, -0.15) is 0 Å². The van der Waals surface area contributed by atoms with Gasteiger partial charge in [-0.15, -0.1) is 0 Å². The molecule has 0 radical (unpaired) electrons. The Morgan fingerprint density at radius 2 is 1.58 bits per heavy atom. The second-order valence-electron chi connectivity index (χ2n) is 5.08. The van der Waals surface area contributed by atoms with Crippen molar-refractivity contribution in [2.75, 3.05) is 13.2 Å². The van der Waals surface area contributed by atoms with Crippen molar-refractivity contribution >= 4 is 11.9 Å². The maximum atomic E-state index is 11.4. The lowest BCUT2D eigenvalue weighted by atomic mass is 10.1. The predicted molar refractivity (Wildman–Crippen MR) is 71.7 cm³/mol. The lowest BCUT2D eigenvalue weighted by Gasteiger charge is -2.18. The van der Waals surface area contributed by atoms with Crippen LogP contribution in [0.5, 0.6) is 0 Å². The SMILES string of the molecule is CCC(=O)OCC(C)OCC(C)OC(=O)CC(C)C. The Kier molecular flexibility index (Phi) is 9.21. The van der Waals surface area contributed by atoms with Gasteiger partial charge in [-0.1, -0.05) is 20.8 Å². The third-order valence-corrected chi connectivity index (χ3v) is 2.29. The van der Waals surface area contributed by atoms with Crippen molar-refractivity contribution in [3.8, 4) is 0 Å². The second-order valence-corrected chi connectivity index (χ2v) is 5.08. The van der Waals surface area contributed by atoms with Crippen molar-refractivity contribution in [2.24, 2.45) is 5.92 Å². The molecule has 5 heteroatoms. The molecule has 0 N–H and O–H groups in total. The zero-order valence-corrected chi connectivity index (χ0v) is 12.6. The van der Waals surface area contributed by atoms with E-state index >= 15 is 0 Å². The van der Waals surface area contributed by atoms with Crippen LogP contribution in [-0.4, -0.2) is 37.4 Å². The zero-order valence-electron chi connectivity index (χ0n) is 12.6. The quantitative estimate of drug-likeness (QED) is 0.604. The molecule has 0 bridgehead atoms. The van der Waals surface area contributed by atoms with Crippen LogP contribution in [0.4, 0.5) is 0 Å². The van der Waals surface area contributed by atoms with E-state index in [-0.39, 0.29) is 36.7 Å². The van der Waals surface area contributed by atoms with Crippen molar-refractivity contribution in [3.05, 3.63) is 0 Å². The molecule has 0 aromatic rings. The van der Waals surface area contributed by atoms with E-state index in [1.165, 1.54) is 0 Å². The Balaban J connectivity index is 3.74. The van der Waals surface area contributed by atoms with Crippen LogP contribution in [0.1, 0.15) is 47.5 Å². The lowest BCUT2D eigenvalue weighted by molar-refractivity contribution is -0.154. The number of carbonyl (C=O) groups excluding carboxylic acids is 2. The Bertz CT molecular complexity index is 275. The number of hydrogen-bond donors (Lipinski definition) is 0. The molecule has 0 saturated carbocycles. The van der Waals surface area contributed by atoms with Crippen molar-refractivity contribution in [3.63, 3.8) is 0 Å². The fraction of sp³-hybridized carbons (Fsp3) is 0.857. The molecule has 0 heterocycles. The van der Waals surface area contributed by atoms with Gasteiger partial charge in [0.15, 0.2) is 0 Å². The van der Waals surface area contributed by atoms with Gasteiger partial charge in [-0.3, -0.25) is 9.59 Å². The fourth-order valence-corrected chi connectivity index (χ4v) is 1.30. The van der Waals surface area contributed by atoms with Crippen molar-refractivity contribution in [2.45, 2.75) is 59.7 Å². The maximum Gasteiger partial charge on any atom is 0.306 e. The van der Waals surface area contributed by atoms with Gasteiger partial charge < -0.3 is 14.2 Å². The van der Waals surface area contributed by atoms with Crippen LogP contribution in [0.15, 0.2) is 0 Å². The van der Waals surface area contributed by atoms with Crippen LogP contribution in [0.25, 0.3) is 0 Å². The molecule has 0 saturated heterocycles. The van der Waals surface area contributed by atoms with Crippen LogP contribution in [0.3, 0.4) is 0 Å². The van der Waals surface area contributed by atoms with Gasteiger partial charge in [0.2, 0.25) is 0 Å². The molecule has 0 rings (SSSR count). The summed E-state index contributed by atoms with van der Waals surface area (Å²) >= 11 is 0. The molecule has 19 heavy (non-hydrogen) atoms. The summed E-state index contributed by atoms with van der Waals surface area (Å²) in [5.74, 6) is -0.170. The van der Waals surface area contributed by atoms with Crippen molar-refractivity contribution in [1.82, 2.24) is 0 Å². The molecule has 2 atom stereocenters. The van der Waals surface area contributed by atoms with E-state index in [1.54, 1.807) is 13.8 Å². The summed E-state index contributed by atoms with van der Waals surface area (Å²) in [5, 5.41) is 0. The molecule has 0 aliphatic rings. The van der Waals surface area contributed by atoms with Gasteiger partial charge in [-0.05, 0) is 19.8 Å². The highest BCUT2D eigenvalue weighted by atomic mass is 16.6. The molecule has 0 aromatic carbocycles. The first-order valence-corrected chi connectivity index (χ1v) is 6.81. The third-order valence-electron chi connectivity index (χ3n) is 2.29. The minimum absolute atomic E-state index is 0.207. The minimum atomic E-state index is -0.296. The molecule has 2 unspecified atom stereocenters. The van der Waals surface area contributed by atoms with E-state index in [2.05, 4.69) is 0 Å². The second kappa shape index (κ2) is 9.78. The monoisotopic (exact) mass is 274 g/mol. The van der Waals surface area contributed by atoms with Gasteiger partial charge >= 0.3 is 11.9 Å². The normalized spacial score (nSPS) is 14.0. The van der Waals surface area contributed by atoms with Crippen LogP contribution in [-0.2, 0) is 23.8 Å². The van der Waals surface area contributed by atoms with Crippen LogP contribution < -0.4 is 0 Å². The van der Waals surface area contributed by atoms with Gasteiger partial charge in [0.1, 0.15) is 12.7 Å². The summed E-state index contributed by atoms with van der Waals surface area (Å²) in [6, 6.07) is 0. The van der Waals surface area contributed by atoms with E-state index in [1.807, 2.05) is 20.8 Å². The molecule has 0 fully saturated rings. The van der Waals surface area contributed by atoms with Gasteiger partial charge in [-0.25, -0.2) is 0 Å². The molecule has 5 nitrogen and oxygen atoms in total. The van der Waals surface area contributed by atoms with E-state index in [9.17, 15) is 9.59 Å². The number of rotatable bonds is 9. The van der Waals surface area contributed by atoms with Gasteiger partial charge in [0.25, 0.3) is 0 Å². The van der Waals surface area contributed by atoms with E-state index in [0.29, 0.717) is 19.4 Å². The lowest BCUT2D eigenvalue weighted by Crippen LogP contribution is -2.26. The van der Waals surface area contributed by atoms with E-state index in [0.717, 1.165) is 0 Å². The smallest absolute Gasteiger partial charge is 0.306 e. The zero-order chi connectivity index (χ0) is 14.8. The third kappa shape index (κ3) is 10.5. The van der Waals surface area contributed by atoms with Gasteiger partial charge in [0.05, 0.1) is 12.7 Å². The average Bonchev–Trinajstić information content (AvgIpc) is 2.32. The van der Waals surface area contributed by atoms with E-state index in [4.69, 9.17) is 14.2 Å². The molecule has 0 aliphatic heterocycles. The molecule has 0 spiro atoms. The Hall–Kier alpha value is -1.10. The maximum absolute atomic E-state index is 11.4. The predicted octanol–water partition coefficient (Wildman–Crippen LogP) is 2.32. The van der Waals surface area contributed by atoms with Crippen LogP contribution in [0, 0.1) is 5.92 Å². The van der Waals surface area contributed by atoms with Crippen LogP contribution >= 0.6 is 0 Å². The summed E-state index contributed by atoms with van der Waals surface area (Å²) < 4.78 is 15.6. The standard InChI is InChI=1S/C14H26O5/c1-6-13(15)18-8-11(4)17-9-12(5)19-14(16)7-10(2)3/h10-12H,6-9H2,1-5H3. The highest BCUT2D eigenvalue weighted by Gasteiger charge is 2.13. The van der Waals surface area contributed by atoms with Crippen molar-refractivity contribution in [1.29, 1.82) is 0 Å². The molecular weight excluding hydrogens is 248 g/mol. The summed E-state index contributed by atoms with van der Waals surface area (Å²) in [5.41, 5.74) is 0. The highest BCUT2D eigenvalue weighted by molar-refractivity contribution is 5.69. The van der Waals surface area contributed by atoms with E-state index < -0.39 is 0 Å². The fourth-order valence-electron chi connectivity index (χ4n) is 1.30. The van der Waals surface area contributed by atoms with Crippen LogP contribution in [0.2, 0.25) is 0 Å². The number of esters is 2.